The Morgan fingerprint density at radius 2 is 2.11 bits per heavy atom. The Balaban J connectivity index is 1.88. The number of phenolic OH excluding ortho intramolecular Hbond substituents is 1. The third kappa shape index (κ3) is 3.48. The highest BCUT2D eigenvalue weighted by molar-refractivity contribution is 9.11. The molecule has 2 rings (SSSR count). The van der Waals surface area contributed by atoms with Crippen LogP contribution in [0.25, 0.3) is 0 Å². The van der Waals surface area contributed by atoms with Crippen molar-refractivity contribution in [2.45, 2.75) is 13.1 Å². The second-order valence-corrected chi connectivity index (χ2v) is 6.36. The molecule has 0 radical (unpaired) electrons. The SMILES string of the molecule is COc1ccc(CNCc2ccc(Br)s2)cc1O. The Hall–Kier alpha value is -1.04. The van der Waals surface area contributed by atoms with E-state index in [1.807, 2.05) is 12.1 Å². The lowest BCUT2D eigenvalue weighted by Crippen LogP contribution is -2.11. The second kappa shape index (κ2) is 6.22. The summed E-state index contributed by atoms with van der Waals surface area (Å²) in [5, 5.41) is 13.0. The number of ether oxygens (including phenoxy) is 1. The minimum atomic E-state index is 0.177. The van der Waals surface area contributed by atoms with Gasteiger partial charge in [-0.25, -0.2) is 0 Å². The summed E-state index contributed by atoms with van der Waals surface area (Å²) in [5.74, 6) is 0.677. The topological polar surface area (TPSA) is 41.5 Å². The number of hydrogen-bond donors (Lipinski definition) is 2. The van der Waals surface area contributed by atoms with Crippen molar-refractivity contribution in [1.82, 2.24) is 5.32 Å². The number of halogens is 1. The lowest BCUT2D eigenvalue weighted by molar-refractivity contribution is 0.373. The van der Waals surface area contributed by atoms with Gasteiger partial charge in [-0.1, -0.05) is 6.07 Å². The minimum absolute atomic E-state index is 0.177. The molecule has 18 heavy (non-hydrogen) atoms. The highest BCUT2D eigenvalue weighted by Gasteiger charge is 2.02. The quantitative estimate of drug-likeness (QED) is 0.882. The van der Waals surface area contributed by atoms with Crippen LogP contribution in [0.4, 0.5) is 0 Å². The van der Waals surface area contributed by atoms with Gasteiger partial charge < -0.3 is 15.2 Å². The molecule has 2 N–H and O–H groups in total. The molecule has 0 saturated heterocycles. The molecule has 1 heterocycles. The molecular weight excluding hydrogens is 314 g/mol. The van der Waals surface area contributed by atoms with Gasteiger partial charge in [-0.15, -0.1) is 11.3 Å². The van der Waals surface area contributed by atoms with Crippen LogP contribution in [0.1, 0.15) is 10.4 Å². The zero-order valence-corrected chi connectivity index (χ0v) is 12.3. The molecule has 0 unspecified atom stereocenters. The fourth-order valence-corrected chi connectivity index (χ4v) is 3.08. The molecule has 0 bridgehead atoms. The Morgan fingerprint density at radius 1 is 1.28 bits per heavy atom. The van der Waals surface area contributed by atoms with Crippen molar-refractivity contribution in [3.05, 3.63) is 44.6 Å². The maximum atomic E-state index is 9.65. The fraction of sp³-hybridized carbons (Fsp3) is 0.231. The van der Waals surface area contributed by atoms with Gasteiger partial charge in [0, 0.05) is 18.0 Å². The number of benzene rings is 1. The molecule has 0 atom stereocenters. The average Bonchev–Trinajstić information content (AvgIpc) is 2.75. The van der Waals surface area contributed by atoms with Gasteiger partial charge in [0.1, 0.15) is 0 Å². The first-order chi connectivity index (χ1) is 8.69. The van der Waals surface area contributed by atoms with E-state index in [-0.39, 0.29) is 5.75 Å². The van der Waals surface area contributed by atoms with Crippen molar-refractivity contribution < 1.29 is 9.84 Å². The normalized spacial score (nSPS) is 10.6. The molecule has 0 aliphatic heterocycles. The maximum absolute atomic E-state index is 9.65. The van der Waals surface area contributed by atoms with Gasteiger partial charge in [0.15, 0.2) is 11.5 Å². The fourth-order valence-electron chi connectivity index (χ4n) is 1.62. The first-order valence-electron chi connectivity index (χ1n) is 5.50. The van der Waals surface area contributed by atoms with Crippen LogP contribution in [0.5, 0.6) is 11.5 Å². The van der Waals surface area contributed by atoms with E-state index in [0.29, 0.717) is 12.3 Å². The largest absolute Gasteiger partial charge is 0.504 e. The van der Waals surface area contributed by atoms with Gasteiger partial charge in [-0.2, -0.15) is 0 Å². The molecule has 0 aliphatic carbocycles. The van der Waals surface area contributed by atoms with Crippen molar-refractivity contribution in [2.75, 3.05) is 7.11 Å². The van der Waals surface area contributed by atoms with E-state index in [0.717, 1.165) is 15.9 Å². The van der Waals surface area contributed by atoms with Gasteiger partial charge in [-0.05, 0) is 45.8 Å². The van der Waals surface area contributed by atoms with E-state index in [2.05, 4.69) is 27.3 Å². The average molecular weight is 328 g/mol. The first kappa shape index (κ1) is 13.4. The lowest BCUT2D eigenvalue weighted by atomic mass is 10.2. The highest BCUT2D eigenvalue weighted by atomic mass is 79.9. The zero-order valence-electron chi connectivity index (χ0n) is 9.94. The number of thiophene rings is 1. The summed E-state index contributed by atoms with van der Waals surface area (Å²) < 4.78 is 6.14. The summed E-state index contributed by atoms with van der Waals surface area (Å²) in [7, 11) is 1.54. The summed E-state index contributed by atoms with van der Waals surface area (Å²) in [5.41, 5.74) is 1.03. The number of phenols is 1. The van der Waals surface area contributed by atoms with Crippen LogP contribution in [0.2, 0.25) is 0 Å². The monoisotopic (exact) mass is 327 g/mol. The van der Waals surface area contributed by atoms with Crippen LogP contribution < -0.4 is 10.1 Å². The molecule has 0 spiro atoms. The molecule has 3 nitrogen and oxygen atoms in total. The molecule has 0 saturated carbocycles. The van der Waals surface area contributed by atoms with Crippen LogP contribution in [0.3, 0.4) is 0 Å². The Bertz CT molecular complexity index is 527. The molecular formula is C13H14BrNO2S. The predicted octanol–water partition coefficient (Wildman–Crippen LogP) is 3.51. The molecule has 5 heteroatoms. The van der Waals surface area contributed by atoms with Gasteiger partial charge in [0.2, 0.25) is 0 Å². The first-order valence-corrected chi connectivity index (χ1v) is 7.11. The standard InChI is InChI=1S/C13H14BrNO2S/c1-17-12-4-2-9(6-11(12)16)7-15-8-10-3-5-13(14)18-10/h2-6,15-16H,7-8H2,1H3. The minimum Gasteiger partial charge on any atom is -0.504 e. The Morgan fingerprint density at radius 3 is 2.72 bits per heavy atom. The Kier molecular flexibility index (Phi) is 4.63. The van der Waals surface area contributed by atoms with Gasteiger partial charge in [0.05, 0.1) is 10.9 Å². The van der Waals surface area contributed by atoms with Crippen molar-refractivity contribution in [3.63, 3.8) is 0 Å². The maximum Gasteiger partial charge on any atom is 0.160 e. The summed E-state index contributed by atoms with van der Waals surface area (Å²) in [6.07, 6.45) is 0. The number of rotatable bonds is 5. The Labute approximate surface area is 119 Å². The third-order valence-corrected chi connectivity index (χ3v) is 4.12. The number of methoxy groups -OCH3 is 1. The van der Waals surface area contributed by atoms with Crippen molar-refractivity contribution >= 4 is 27.3 Å². The molecule has 0 fully saturated rings. The van der Waals surface area contributed by atoms with Crippen LogP contribution in [0.15, 0.2) is 34.1 Å². The lowest BCUT2D eigenvalue weighted by Gasteiger charge is -2.07. The summed E-state index contributed by atoms with van der Waals surface area (Å²) in [6.45, 7) is 1.54. The molecule has 0 amide bonds. The van der Waals surface area contributed by atoms with Crippen molar-refractivity contribution in [3.8, 4) is 11.5 Å². The van der Waals surface area contributed by atoms with Gasteiger partial charge >= 0.3 is 0 Å². The van der Waals surface area contributed by atoms with Crippen molar-refractivity contribution in [1.29, 1.82) is 0 Å². The van der Waals surface area contributed by atoms with E-state index in [4.69, 9.17) is 4.74 Å². The number of hydrogen-bond acceptors (Lipinski definition) is 4. The van der Waals surface area contributed by atoms with E-state index < -0.39 is 0 Å². The van der Waals surface area contributed by atoms with Crippen LogP contribution in [-0.4, -0.2) is 12.2 Å². The molecule has 2 aromatic rings. The molecule has 96 valence electrons. The molecule has 0 aliphatic rings. The third-order valence-electron chi connectivity index (χ3n) is 2.50. The van der Waals surface area contributed by atoms with Gasteiger partial charge in [0.25, 0.3) is 0 Å². The highest BCUT2D eigenvalue weighted by Crippen LogP contribution is 2.26. The molecule has 1 aromatic heterocycles. The van der Waals surface area contributed by atoms with E-state index in [9.17, 15) is 5.11 Å². The second-order valence-electron chi connectivity index (χ2n) is 3.82. The van der Waals surface area contributed by atoms with Crippen molar-refractivity contribution in [2.24, 2.45) is 0 Å². The summed E-state index contributed by atoms with van der Waals surface area (Å²) >= 11 is 5.16. The summed E-state index contributed by atoms with van der Waals surface area (Å²) in [6, 6.07) is 9.56. The van der Waals surface area contributed by atoms with Gasteiger partial charge in [-0.3, -0.25) is 0 Å². The molecule has 1 aromatic carbocycles. The van der Waals surface area contributed by atoms with Crippen LogP contribution in [0, 0.1) is 0 Å². The van der Waals surface area contributed by atoms with Crippen LogP contribution >= 0.6 is 27.3 Å². The summed E-state index contributed by atoms with van der Waals surface area (Å²) in [4.78, 5) is 1.28. The predicted molar refractivity (Wildman–Crippen MR) is 77.2 cm³/mol. The van der Waals surface area contributed by atoms with E-state index >= 15 is 0 Å². The van der Waals surface area contributed by atoms with E-state index in [1.165, 1.54) is 4.88 Å². The number of nitrogens with one attached hydrogen (secondary N) is 1. The number of aromatic hydroxyl groups is 1. The smallest absolute Gasteiger partial charge is 0.160 e. The van der Waals surface area contributed by atoms with Crippen LogP contribution in [-0.2, 0) is 13.1 Å². The van der Waals surface area contributed by atoms with E-state index in [1.54, 1.807) is 30.6 Å². The zero-order chi connectivity index (χ0) is 13.0.